The van der Waals surface area contributed by atoms with Gasteiger partial charge < -0.3 is 20.1 Å². The number of thioether (sulfide) groups is 1. The molecule has 0 aromatic heterocycles. The molecule has 1 atom stereocenters. The molecular weight excluding hydrogens is 448 g/mol. The third-order valence-corrected chi connectivity index (χ3v) is 6.39. The third-order valence-electron chi connectivity index (χ3n) is 5.28. The van der Waals surface area contributed by atoms with E-state index in [1.54, 1.807) is 38.5 Å². The van der Waals surface area contributed by atoms with Crippen molar-refractivity contribution in [1.29, 1.82) is 0 Å². The summed E-state index contributed by atoms with van der Waals surface area (Å²) in [6, 6.07) is 20.8. The molecule has 7 heteroatoms. The predicted octanol–water partition coefficient (Wildman–Crippen LogP) is 5.10. The number of amides is 2. The van der Waals surface area contributed by atoms with Crippen LogP contribution < -0.4 is 20.1 Å². The minimum atomic E-state index is -0.316. The molecule has 0 saturated carbocycles. The van der Waals surface area contributed by atoms with Crippen LogP contribution in [-0.2, 0) is 11.2 Å². The summed E-state index contributed by atoms with van der Waals surface area (Å²) in [6.45, 7) is 4.32. The molecule has 0 aliphatic heterocycles. The fraction of sp³-hybridized carbons (Fsp3) is 0.259. The quantitative estimate of drug-likeness (QED) is 0.396. The van der Waals surface area contributed by atoms with E-state index in [0.717, 1.165) is 10.5 Å². The molecule has 0 saturated heterocycles. The van der Waals surface area contributed by atoms with Crippen LogP contribution >= 0.6 is 11.8 Å². The molecule has 0 heterocycles. The van der Waals surface area contributed by atoms with E-state index in [4.69, 9.17) is 9.47 Å². The van der Waals surface area contributed by atoms with Crippen molar-refractivity contribution in [2.75, 3.05) is 26.1 Å². The van der Waals surface area contributed by atoms with Crippen molar-refractivity contribution in [3.05, 3.63) is 83.4 Å². The first kappa shape index (κ1) is 25.2. The van der Waals surface area contributed by atoms with Crippen LogP contribution in [0.15, 0.2) is 71.6 Å². The van der Waals surface area contributed by atoms with Gasteiger partial charge in [-0.2, -0.15) is 0 Å². The van der Waals surface area contributed by atoms with Crippen LogP contribution in [0.1, 0.15) is 28.4 Å². The van der Waals surface area contributed by atoms with Crippen LogP contribution in [0.3, 0.4) is 0 Å². The molecule has 34 heavy (non-hydrogen) atoms. The number of hydrogen-bond donors (Lipinski definition) is 2. The predicted molar refractivity (Wildman–Crippen MR) is 137 cm³/mol. The monoisotopic (exact) mass is 478 g/mol. The summed E-state index contributed by atoms with van der Waals surface area (Å²) in [5, 5.41) is 5.53. The molecule has 2 amide bonds. The first-order chi connectivity index (χ1) is 16.4. The third kappa shape index (κ3) is 6.78. The van der Waals surface area contributed by atoms with Crippen molar-refractivity contribution >= 4 is 29.3 Å². The highest BCUT2D eigenvalue weighted by atomic mass is 32.2. The number of ether oxygens (including phenoxy) is 2. The van der Waals surface area contributed by atoms with Crippen molar-refractivity contribution in [3.8, 4) is 11.5 Å². The average Bonchev–Trinajstić information content (AvgIpc) is 2.85. The highest BCUT2D eigenvalue weighted by molar-refractivity contribution is 8.00. The number of para-hydroxylation sites is 1. The zero-order chi connectivity index (χ0) is 24.5. The molecule has 0 aliphatic carbocycles. The van der Waals surface area contributed by atoms with Crippen molar-refractivity contribution in [2.45, 2.75) is 30.4 Å². The number of carbonyl (C=O) groups is 2. The number of carbonyl (C=O) groups excluding carboxylic acids is 2. The number of benzene rings is 3. The molecular formula is C27H30N2O4S. The lowest BCUT2D eigenvalue weighted by molar-refractivity contribution is -0.115. The summed E-state index contributed by atoms with van der Waals surface area (Å²) < 4.78 is 10.6. The second-order valence-corrected chi connectivity index (χ2v) is 9.22. The van der Waals surface area contributed by atoms with Crippen molar-refractivity contribution < 1.29 is 19.1 Å². The van der Waals surface area contributed by atoms with Gasteiger partial charge in [0.05, 0.1) is 30.7 Å². The van der Waals surface area contributed by atoms with E-state index in [0.29, 0.717) is 35.7 Å². The Labute approximate surface area is 205 Å². The number of aryl methyl sites for hydroxylation is 1. The topological polar surface area (TPSA) is 76.7 Å². The van der Waals surface area contributed by atoms with E-state index in [1.807, 2.05) is 56.3 Å². The molecule has 0 spiro atoms. The van der Waals surface area contributed by atoms with Gasteiger partial charge in [0.2, 0.25) is 5.91 Å². The molecule has 0 bridgehead atoms. The van der Waals surface area contributed by atoms with Gasteiger partial charge in [-0.15, -0.1) is 11.8 Å². The number of anilines is 1. The Morgan fingerprint density at radius 2 is 1.65 bits per heavy atom. The zero-order valence-corrected chi connectivity index (χ0v) is 20.7. The maximum absolute atomic E-state index is 12.8. The Kier molecular flexibility index (Phi) is 8.99. The fourth-order valence-electron chi connectivity index (χ4n) is 3.35. The molecule has 0 unspecified atom stereocenters. The Morgan fingerprint density at radius 1 is 0.941 bits per heavy atom. The average molecular weight is 479 g/mol. The lowest BCUT2D eigenvalue weighted by Crippen LogP contribution is -2.28. The first-order valence-electron chi connectivity index (χ1n) is 11.0. The molecule has 0 radical (unpaired) electrons. The Hall–Kier alpha value is -3.45. The fourth-order valence-corrected chi connectivity index (χ4v) is 4.22. The lowest BCUT2D eigenvalue weighted by Gasteiger charge is -2.15. The minimum Gasteiger partial charge on any atom is -0.493 e. The highest BCUT2D eigenvalue weighted by Gasteiger charge is 2.18. The molecule has 3 rings (SSSR count). The molecule has 6 nitrogen and oxygen atoms in total. The Morgan fingerprint density at radius 3 is 2.35 bits per heavy atom. The first-order valence-corrected chi connectivity index (χ1v) is 11.9. The van der Waals surface area contributed by atoms with Gasteiger partial charge in [0.25, 0.3) is 5.91 Å². The minimum absolute atomic E-state index is 0.156. The van der Waals surface area contributed by atoms with Gasteiger partial charge in [0, 0.05) is 11.4 Å². The summed E-state index contributed by atoms with van der Waals surface area (Å²) in [7, 11) is 3.19. The van der Waals surface area contributed by atoms with Crippen LogP contribution in [0, 0.1) is 6.92 Å². The maximum Gasteiger partial charge on any atom is 0.253 e. The number of hydrogen-bond acceptors (Lipinski definition) is 5. The summed E-state index contributed by atoms with van der Waals surface area (Å²) in [4.78, 5) is 26.6. The number of nitrogens with one attached hydrogen (secondary N) is 2. The normalized spacial score (nSPS) is 11.4. The smallest absolute Gasteiger partial charge is 0.253 e. The number of rotatable bonds is 10. The molecule has 3 aromatic carbocycles. The molecule has 3 aromatic rings. The summed E-state index contributed by atoms with van der Waals surface area (Å²) in [5.74, 6) is 0.915. The van der Waals surface area contributed by atoms with E-state index >= 15 is 0 Å². The standard InChI is InChI=1S/C27H30N2O4S/c1-18-9-12-21(13-10-18)34-19(2)26(30)29-23-8-6-5-7-22(23)27(31)28-16-15-20-11-14-24(32-3)25(17-20)33-4/h5-14,17,19H,15-16H2,1-4H3,(H,28,31)(H,29,30)/t19-/m1/s1. The summed E-state index contributed by atoms with van der Waals surface area (Å²) in [5.41, 5.74) is 3.11. The zero-order valence-electron chi connectivity index (χ0n) is 19.9. The Balaban J connectivity index is 1.59. The molecule has 2 N–H and O–H groups in total. The van der Waals surface area contributed by atoms with E-state index < -0.39 is 0 Å². The van der Waals surface area contributed by atoms with E-state index in [-0.39, 0.29) is 17.1 Å². The highest BCUT2D eigenvalue weighted by Crippen LogP contribution is 2.28. The second-order valence-electron chi connectivity index (χ2n) is 7.80. The van der Waals surface area contributed by atoms with Gasteiger partial charge in [0.15, 0.2) is 11.5 Å². The van der Waals surface area contributed by atoms with E-state index in [1.165, 1.54) is 17.3 Å². The van der Waals surface area contributed by atoms with Crippen LogP contribution in [0.25, 0.3) is 0 Å². The molecule has 0 fully saturated rings. The second kappa shape index (κ2) is 12.1. The van der Waals surface area contributed by atoms with Crippen molar-refractivity contribution in [2.24, 2.45) is 0 Å². The maximum atomic E-state index is 12.8. The van der Waals surface area contributed by atoms with Crippen LogP contribution in [0.4, 0.5) is 5.69 Å². The SMILES string of the molecule is COc1ccc(CCNC(=O)c2ccccc2NC(=O)[C@@H](C)Sc2ccc(C)cc2)cc1OC. The summed E-state index contributed by atoms with van der Waals surface area (Å²) >= 11 is 1.48. The Bertz CT molecular complexity index is 1130. The van der Waals surface area contributed by atoms with Crippen molar-refractivity contribution in [3.63, 3.8) is 0 Å². The van der Waals surface area contributed by atoms with Crippen LogP contribution in [-0.4, -0.2) is 37.8 Å². The van der Waals surface area contributed by atoms with Gasteiger partial charge in [-0.1, -0.05) is 35.9 Å². The summed E-state index contributed by atoms with van der Waals surface area (Å²) in [6.07, 6.45) is 0.630. The van der Waals surface area contributed by atoms with E-state index in [2.05, 4.69) is 10.6 Å². The number of methoxy groups -OCH3 is 2. The van der Waals surface area contributed by atoms with Gasteiger partial charge in [-0.25, -0.2) is 0 Å². The van der Waals surface area contributed by atoms with Gasteiger partial charge in [-0.3, -0.25) is 9.59 Å². The lowest BCUT2D eigenvalue weighted by atomic mass is 10.1. The van der Waals surface area contributed by atoms with E-state index in [9.17, 15) is 9.59 Å². The van der Waals surface area contributed by atoms with Gasteiger partial charge in [0.1, 0.15) is 0 Å². The largest absolute Gasteiger partial charge is 0.493 e. The molecule has 178 valence electrons. The van der Waals surface area contributed by atoms with Crippen LogP contribution in [0.5, 0.6) is 11.5 Å². The molecule has 0 aliphatic rings. The van der Waals surface area contributed by atoms with Crippen molar-refractivity contribution in [1.82, 2.24) is 5.32 Å². The van der Waals surface area contributed by atoms with Gasteiger partial charge in [-0.05, 0) is 62.2 Å². The van der Waals surface area contributed by atoms with Crippen LogP contribution in [0.2, 0.25) is 0 Å². The van der Waals surface area contributed by atoms with Gasteiger partial charge >= 0.3 is 0 Å².